The van der Waals surface area contributed by atoms with Crippen LogP contribution >= 0.6 is 0 Å². The van der Waals surface area contributed by atoms with Gasteiger partial charge in [-0.05, 0) is 99.2 Å². The van der Waals surface area contributed by atoms with Crippen LogP contribution in [0.25, 0.3) is 0 Å². The molecule has 3 rings (SSSR count). The Labute approximate surface area is 172 Å². The molecular weight excluding hydrogens is 376 g/mol. The third-order valence-corrected chi connectivity index (χ3v) is 7.18. The Morgan fingerprint density at radius 2 is 1.41 bits per heavy atom. The minimum atomic E-state index is -4.25. The number of hydrogen-bond donors (Lipinski definition) is 0. The van der Waals surface area contributed by atoms with Crippen molar-refractivity contribution < 1.29 is 17.6 Å². The lowest BCUT2D eigenvalue weighted by Crippen LogP contribution is -2.25. The molecule has 0 heterocycles. The normalized spacial score (nSPS) is 28.7. The average Bonchev–Trinajstić information content (AvgIpc) is 2.73. The van der Waals surface area contributed by atoms with Crippen molar-refractivity contribution in [2.75, 3.05) is 6.67 Å². The van der Waals surface area contributed by atoms with Crippen LogP contribution in [-0.2, 0) is 12.6 Å². The molecule has 0 saturated heterocycles. The number of rotatable bonds is 7. The van der Waals surface area contributed by atoms with E-state index in [1.54, 1.807) is 12.1 Å². The first-order valence-electron chi connectivity index (χ1n) is 11.3. The maximum absolute atomic E-state index is 12.7. The predicted molar refractivity (Wildman–Crippen MR) is 110 cm³/mol. The molecule has 0 unspecified atom stereocenters. The second-order valence-electron chi connectivity index (χ2n) is 9.09. The van der Waals surface area contributed by atoms with Crippen molar-refractivity contribution in [3.8, 4) is 0 Å². The zero-order valence-corrected chi connectivity index (χ0v) is 17.3. The maximum atomic E-state index is 12.7. The lowest BCUT2D eigenvalue weighted by molar-refractivity contribution is -0.137. The minimum Gasteiger partial charge on any atom is -0.251 e. The second kappa shape index (κ2) is 10.6. The molecule has 0 nitrogen and oxygen atoms in total. The van der Waals surface area contributed by atoms with Crippen LogP contribution in [0, 0.1) is 23.7 Å². The molecule has 0 aromatic heterocycles. The molecule has 162 valence electrons. The number of halogens is 4. The summed E-state index contributed by atoms with van der Waals surface area (Å²) in [5.41, 5.74) is 0.452. The molecule has 2 saturated carbocycles. The van der Waals surface area contributed by atoms with Crippen LogP contribution < -0.4 is 0 Å². The predicted octanol–water partition coefficient (Wildman–Crippen LogP) is 8.17. The van der Waals surface area contributed by atoms with E-state index in [2.05, 4.69) is 6.08 Å². The summed E-state index contributed by atoms with van der Waals surface area (Å²) in [5, 5.41) is 0. The van der Waals surface area contributed by atoms with E-state index in [-0.39, 0.29) is 6.67 Å². The Balaban J connectivity index is 1.36. The standard InChI is InChI=1S/C25H34F4/c26-18-2-1-3-19-6-12-22(13-7-19)23-14-8-20(9-15-23)4-5-21-10-16-24(17-11-21)25(27,28)29/h1,3,10-11,16-17,19-20,22-23H,2,4-9,12-15,18H2/t19-,20-,22-,23-. The first kappa shape index (κ1) is 22.4. The molecule has 0 bridgehead atoms. The topological polar surface area (TPSA) is 0 Å². The van der Waals surface area contributed by atoms with Gasteiger partial charge in [0.25, 0.3) is 0 Å². The van der Waals surface area contributed by atoms with E-state index < -0.39 is 11.7 Å². The Kier molecular flexibility index (Phi) is 8.20. The van der Waals surface area contributed by atoms with Crippen LogP contribution in [0.15, 0.2) is 36.4 Å². The van der Waals surface area contributed by atoms with Gasteiger partial charge in [0.05, 0.1) is 12.2 Å². The van der Waals surface area contributed by atoms with Crippen molar-refractivity contribution in [1.29, 1.82) is 0 Å². The number of allylic oxidation sites excluding steroid dienone is 2. The third kappa shape index (κ3) is 6.86. The van der Waals surface area contributed by atoms with Crippen LogP contribution in [0.3, 0.4) is 0 Å². The van der Waals surface area contributed by atoms with Gasteiger partial charge in [0.15, 0.2) is 0 Å². The number of aryl methyl sites for hydroxylation is 1. The van der Waals surface area contributed by atoms with E-state index in [4.69, 9.17) is 0 Å². The highest BCUT2D eigenvalue weighted by Crippen LogP contribution is 2.42. The molecule has 0 aliphatic heterocycles. The summed E-state index contributed by atoms with van der Waals surface area (Å²) in [6.45, 7) is -0.256. The van der Waals surface area contributed by atoms with Gasteiger partial charge in [0.1, 0.15) is 0 Å². The fourth-order valence-corrected chi connectivity index (χ4v) is 5.34. The van der Waals surface area contributed by atoms with Gasteiger partial charge in [0, 0.05) is 0 Å². The zero-order chi connectivity index (χ0) is 20.7. The van der Waals surface area contributed by atoms with E-state index in [0.29, 0.717) is 18.3 Å². The van der Waals surface area contributed by atoms with E-state index in [1.807, 2.05) is 6.08 Å². The number of hydrogen-bond acceptors (Lipinski definition) is 0. The monoisotopic (exact) mass is 410 g/mol. The van der Waals surface area contributed by atoms with Crippen molar-refractivity contribution in [1.82, 2.24) is 0 Å². The molecule has 0 radical (unpaired) electrons. The second-order valence-corrected chi connectivity index (χ2v) is 9.09. The van der Waals surface area contributed by atoms with Crippen molar-refractivity contribution in [2.45, 2.75) is 76.8 Å². The molecule has 2 aliphatic carbocycles. The van der Waals surface area contributed by atoms with Gasteiger partial charge >= 0.3 is 6.18 Å². The first-order valence-corrected chi connectivity index (χ1v) is 11.3. The summed E-state index contributed by atoms with van der Waals surface area (Å²) in [4.78, 5) is 0. The lowest BCUT2D eigenvalue weighted by Gasteiger charge is -2.37. The zero-order valence-electron chi connectivity index (χ0n) is 17.3. The van der Waals surface area contributed by atoms with E-state index >= 15 is 0 Å². The Morgan fingerprint density at radius 3 is 1.97 bits per heavy atom. The number of alkyl halides is 4. The van der Waals surface area contributed by atoms with Crippen LogP contribution in [0.2, 0.25) is 0 Å². The summed E-state index contributed by atoms with van der Waals surface area (Å²) in [6.07, 6.45) is 12.8. The average molecular weight is 411 g/mol. The van der Waals surface area contributed by atoms with Gasteiger partial charge in [-0.2, -0.15) is 13.2 Å². The summed E-state index contributed by atoms with van der Waals surface area (Å²) in [7, 11) is 0. The molecule has 1 aromatic rings. The molecule has 4 heteroatoms. The first-order chi connectivity index (χ1) is 14.0. The van der Waals surface area contributed by atoms with Crippen LogP contribution in [0.4, 0.5) is 17.6 Å². The molecule has 2 fully saturated rings. The van der Waals surface area contributed by atoms with Gasteiger partial charge in [-0.3, -0.25) is 4.39 Å². The van der Waals surface area contributed by atoms with Gasteiger partial charge in [-0.25, -0.2) is 0 Å². The summed E-state index contributed by atoms with van der Waals surface area (Å²) >= 11 is 0. The largest absolute Gasteiger partial charge is 0.416 e. The molecule has 0 atom stereocenters. The van der Waals surface area contributed by atoms with Crippen molar-refractivity contribution in [2.24, 2.45) is 23.7 Å². The summed E-state index contributed by atoms with van der Waals surface area (Å²) < 4.78 is 50.2. The fraction of sp³-hybridized carbons (Fsp3) is 0.680. The van der Waals surface area contributed by atoms with Crippen LogP contribution in [-0.4, -0.2) is 6.67 Å². The SMILES string of the molecule is FCCC=C[C@H]1CC[C@H]([C@H]2CC[C@H](CCc3ccc(C(F)(F)F)cc3)CC2)CC1. The third-order valence-electron chi connectivity index (χ3n) is 7.18. The Hall–Kier alpha value is -1.32. The lowest BCUT2D eigenvalue weighted by atomic mass is 9.68. The number of benzene rings is 1. The molecule has 0 spiro atoms. The summed E-state index contributed by atoms with van der Waals surface area (Å²) in [5.74, 6) is 3.08. The Bertz CT molecular complexity index is 615. The molecule has 2 aliphatic rings. The maximum Gasteiger partial charge on any atom is 0.416 e. The minimum absolute atomic E-state index is 0.256. The molecule has 1 aromatic carbocycles. The van der Waals surface area contributed by atoms with Crippen LogP contribution in [0.1, 0.15) is 75.3 Å². The highest BCUT2D eigenvalue weighted by atomic mass is 19.4. The summed E-state index contributed by atoms with van der Waals surface area (Å²) in [6, 6.07) is 5.68. The van der Waals surface area contributed by atoms with Gasteiger partial charge < -0.3 is 0 Å². The van der Waals surface area contributed by atoms with E-state index in [9.17, 15) is 17.6 Å². The van der Waals surface area contributed by atoms with E-state index in [0.717, 1.165) is 30.2 Å². The highest BCUT2D eigenvalue weighted by Gasteiger charge is 2.31. The quantitative estimate of drug-likeness (QED) is 0.314. The fourth-order valence-electron chi connectivity index (χ4n) is 5.34. The highest BCUT2D eigenvalue weighted by molar-refractivity contribution is 5.24. The van der Waals surface area contributed by atoms with Gasteiger partial charge in [-0.15, -0.1) is 0 Å². The van der Waals surface area contributed by atoms with Gasteiger partial charge in [-0.1, -0.05) is 37.1 Å². The van der Waals surface area contributed by atoms with Crippen molar-refractivity contribution >= 4 is 0 Å². The Morgan fingerprint density at radius 1 is 0.828 bits per heavy atom. The molecule has 0 N–H and O–H groups in total. The molecule has 0 amide bonds. The molecule has 29 heavy (non-hydrogen) atoms. The van der Waals surface area contributed by atoms with E-state index in [1.165, 1.54) is 63.5 Å². The van der Waals surface area contributed by atoms with Crippen molar-refractivity contribution in [3.05, 3.63) is 47.5 Å². The van der Waals surface area contributed by atoms with Crippen LogP contribution in [0.5, 0.6) is 0 Å². The molecular formula is C25H34F4. The smallest absolute Gasteiger partial charge is 0.251 e. The van der Waals surface area contributed by atoms with Gasteiger partial charge in [0.2, 0.25) is 0 Å². The van der Waals surface area contributed by atoms with Crippen molar-refractivity contribution in [3.63, 3.8) is 0 Å².